The SMILES string of the molecule is Cc1cc(C)cc(NC(=O)CN2C(=O)C(C)Oc3ccc(-c4nc(C)sc4C)cc32)c1. The van der Waals surface area contributed by atoms with Gasteiger partial charge in [0.05, 0.1) is 16.4 Å². The van der Waals surface area contributed by atoms with Crippen LogP contribution in [0, 0.1) is 27.7 Å². The summed E-state index contributed by atoms with van der Waals surface area (Å²) in [6, 6.07) is 11.5. The van der Waals surface area contributed by atoms with E-state index >= 15 is 0 Å². The highest BCUT2D eigenvalue weighted by Crippen LogP contribution is 2.38. The first-order valence-corrected chi connectivity index (χ1v) is 11.0. The molecule has 31 heavy (non-hydrogen) atoms. The summed E-state index contributed by atoms with van der Waals surface area (Å²) in [4.78, 5) is 33.0. The quantitative estimate of drug-likeness (QED) is 0.639. The average molecular weight is 436 g/mol. The Morgan fingerprint density at radius 3 is 2.48 bits per heavy atom. The molecule has 6 nitrogen and oxygen atoms in total. The molecule has 160 valence electrons. The standard InChI is InChI=1S/C24H25N3O3S/c1-13-8-14(2)10-19(9-13)26-22(28)12-27-20-11-18(23-16(4)31-17(5)25-23)6-7-21(20)30-15(3)24(27)29/h6-11,15H,12H2,1-5H3,(H,26,28). The molecule has 2 heterocycles. The van der Waals surface area contributed by atoms with Crippen molar-refractivity contribution in [2.45, 2.75) is 40.7 Å². The van der Waals surface area contributed by atoms with Crippen molar-refractivity contribution in [2.24, 2.45) is 0 Å². The molecule has 4 rings (SSSR count). The van der Waals surface area contributed by atoms with E-state index in [1.165, 1.54) is 4.90 Å². The van der Waals surface area contributed by atoms with Crippen LogP contribution in [0.15, 0.2) is 36.4 Å². The minimum atomic E-state index is -0.657. The number of aromatic nitrogens is 1. The van der Waals surface area contributed by atoms with Gasteiger partial charge >= 0.3 is 0 Å². The van der Waals surface area contributed by atoms with Gasteiger partial charge in [-0.3, -0.25) is 14.5 Å². The lowest BCUT2D eigenvalue weighted by Crippen LogP contribution is -2.47. The van der Waals surface area contributed by atoms with Gasteiger partial charge in [0.2, 0.25) is 5.91 Å². The fourth-order valence-electron chi connectivity index (χ4n) is 3.91. The number of amides is 2. The van der Waals surface area contributed by atoms with Gasteiger partial charge in [-0.05, 0) is 76.1 Å². The van der Waals surface area contributed by atoms with Gasteiger partial charge in [-0.25, -0.2) is 4.98 Å². The van der Waals surface area contributed by atoms with Crippen LogP contribution >= 0.6 is 11.3 Å². The minimum absolute atomic E-state index is 0.0922. The molecule has 2 amide bonds. The molecule has 0 spiro atoms. The van der Waals surface area contributed by atoms with E-state index in [0.717, 1.165) is 38.0 Å². The Morgan fingerprint density at radius 2 is 1.84 bits per heavy atom. The smallest absolute Gasteiger partial charge is 0.268 e. The summed E-state index contributed by atoms with van der Waals surface area (Å²) in [6.45, 7) is 9.56. The van der Waals surface area contributed by atoms with Crippen molar-refractivity contribution >= 4 is 34.5 Å². The Morgan fingerprint density at radius 1 is 1.13 bits per heavy atom. The van der Waals surface area contributed by atoms with Gasteiger partial charge in [-0.15, -0.1) is 11.3 Å². The monoisotopic (exact) mass is 435 g/mol. The molecule has 1 N–H and O–H groups in total. The van der Waals surface area contributed by atoms with Crippen LogP contribution in [-0.4, -0.2) is 29.4 Å². The van der Waals surface area contributed by atoms with Crippen LogP contribution in [0.2, 0.25) is 0 Å². The number of carbonyl (C=O) groups is 2. The molecule has 1 atom stereocenters. The van der Waals surface area contributed by atoms with Crippen LogP contribution in [0.4, 0.5) is 11.4 Å². The van der Waals surface area contributed by atoms with E-state index in [0.29, 0.717) is 11.4 Å². The predicted molar refractivity (Wildman–Crippen MR) is 124 cm³/mol. The van der Waals surface area contributed by atoms with Gasteiger partial charge in [-0.1, -0.05) is 6.07 Å². The maximum absolute atomic E-state index is 12.9. The molecule has 0 radical (unpaired) electrons. The van der Waals surface area contributed by atoms with E-state index in [1.807, 2.05) is 64.1 Å². The Labute approximate surface area is 185 Å². The molecule has 2 aromatic carbocycles. The highest BCUT2D eigenvalue weighted by Gasteiger charge is 2.33. The summed E-state index contributed by atoms with van der Waals surface area (Å²) < 4.78 is 5.79. The van der Waals surface area contributed by atoms with Crippen LogP contribution in [0.3, 0.4) is 0 Å². The van der Waals surface area contributed by atoms with Gasteiger partial charge in [0.1, 0.15) is 12.3 Å². The number of rotatable bonds is 4. The Bertz CT molecular complexity index is 1160. The van der Waals surface area contributed by atoms with Crippen molar-refractivity contribution in [3.05, 3.63) is 57.4 Å². The number of carbonyl (C=O) groups excluding carboxylic acids is 2. The third-order valence-corrected chi connectivity index (χ3v) is 6.04. The maximum Gasteiger partial charge on any atom is 0.268 e. The number of ether oxygens (including phenoxy) is 1. The van der Waals surface area contributed by atoms with Crippen molar-refractivity contribution < 1.29 is 14.3 Å². The van der Waals surface area contributed by atoms with E-state index in [2.05, 4.69) is 10.3 Å². The number of anilines is 2. The van der Waals surface area contributed by atoms with Crippen LogP contribution in [0.1, 0.15) is 27.9 Å². The molecule has 1 aromatic heterocycles. The van der Waals surface area contributed by atoms with Crippen molar-refractivity contribution in [3.8, 4) is 17.0 Å². The third kappa shape index (κ3) is 4.32. The number of aryl methyl sites for hydroxylation is 4. The van der Waals surface area contributed by atoms with Gasteiger partial charge in [-0.2, -0.15) is 0 Å². The highest BCUT2D eigenvalue weighted by atomic mass is 32.1. The number of nitrogens with zero attached hydrogens (tertiary/aromatic N) is 2. The van der Waals surface area contributed by atoms with Gasteiger partial charge in [0, 0.05) is 16.1 Å². The van der Waals surface area contributed by atoms with Crippen LogP contribution in [-0.2, 0) is 9.59 Å². The zero-order valence-electron chi connectivity index (χ0n) is 18.3. The third-order valence-electron chi connectivity index (χ3n) is 5.15. The molecule has 0 saturated carbocycles. The number of nitrogens with one attached hydrogen (secondary N) is 1. The molecular weight excluding hydrogens is 410 g/mol. The highest BCUT2D eigenvalue weighted by molar-refractivity contribution is 7.11. The fourth-order valence-corrected chi connectivity index (χ4v) is 4.75. The molecule has 7 heteroatoms. The zero-order valence-corrected chi connectivity index (χ0v) is 19.1. The summed E-state index contributed by atoms with van der Waals surface area (Å²) in [5, 5.41) is 3.89. The maximum atomic E-state index is 12.9. The van der Waals surface area contributed by atoms with Crippen LogP contribution in [0.5, 0.6) is 5.75 Å². The normalized spacial score (nSPS) is 15.5. The lowest BCUT2D eigenvalue weighted by Gasteiger charge is -2.33. The molecule has 3 aromatic rings. The van der Waals surface area contributed by atoms with Crippen molar-refractivity contribution in [3.63, 3.8) is 0 Å². The van der Waals surface area contributed by atoms with Crippen molar-refractivity contribution in [1.82, 2.24) is 4.98 Å². The van der Waals surface area contributed by atoms with E-state index in [4.69, 9.17) is 4.74 Å². The topological polar surface area (TPSA) is 71.5 Å². The fraction of sp³-hybridized carbons (Fsp3) is 0.292. The Balaban J connectivity index is 1.64. The molecule has 1 aliphatic rings. The second-order valence-corrected chi connectivity index (χ2v) is 9.34. The molecule has 1 unspecified atom stereocenters. The summed E-state index contributed by atoms with van der Waals surface area (Å²) in [7, 11) is 0. The van der Waals surface area contributed by atoms with Gasteiger partial charge < -0.3 is 10.1 Å². The summed E-state index contributed by atoms with van der Waals surface area (Å²) in [5.41, 5.74) is 5.22. The summed E-state index contributed by atoms with van der Waals surface area (Å²) >= 11 is 1.63. The van der Waals surface area contributed by atoms with E-state index in [-0.39, 0.29) is 18.4 Å². The van der Waals surface area contributed by atoms with Crippen molar-refractivity contribution in [1.29, 1.82) is 0 Å². The number of hydrogen-bond donors (Lipinski definition) is 1. The Kier molecular flexibility index (Phi) is 5.54. The molecule has 0 bridgehead atoms. The van der Waals surface area contributed by atoms with E-state index < -0.39 is 6.10 Å². The van der Waals surface area contributed by atoms with E-state index in [9.17, 15) is 9.59 Å². The number of benzene rings is 2. The first-order chi connectivity index (χ1) is 14.7. The number of thiazole rings is 1. The molecule has 0 aliphatic carbocycles. The lowest BCUT2D eigenvalue weighted by atomic mass is 10.1. The second-order valence-electron chi connectivity index (χ2n) is 7.93. The van der Waals surface area contributed by atoms with Gasteiger partial charge in [0.25, 0.3) is 5.91 Å². The second kappa shape index (κ2) is 8.15. The Hall–Kier alpha value is -3.19. The minimum Gasteiger partial charge on any atom is -0.479 e. The first-order valence-electron chi connectivity index (χ1n) is 10.2. The largest absolute Gasteiger partial charge is 0.479 e. The van der Waals surface area contributed by atoms with Crippen LogP contribution < -0.4 is 15.0 Å². The lowest BCUT2D eigenvalue weighted by molar-refractivity contribution is -0.127. The van der Waals surface area contributed by atoms with Crippen LogP contribution in [0.25, 0.3) is 11.3 Å². The molecule has 0 fully saturated rings. The zero-order chi connectivity index (χ0) is 22.3. The van der Waals surface area contributed by atoms with E-state index in [1.54, 1.807) is 18.3 Å². The number of hydrogen-bond acceptors (Lipinski definition) is 5. The average Bonchev–Trinajstić information content (AvgIpc) is 3.02. The first kappa shape index (κ1) is 21.1. The molecule has 0 saturated heterocycles. The number of fused-ring (bicyclic) bond motifs is 1. The summed E-state index contributed by atoms with van der Waals surface area (Å²) in [6.07, 6.45) is -0.657. The summed E-state index contributed by atoms with van der Waals surface area (Å²) in [5.74, 6) is 0.0792. The van der Waals surface area contributed by atoms with Crippen molar-refractivity contribution in [2.75, 3.05) is 16.8 Å². The van der Waals surface area contributed by atoms with Gasteiger partial charge in [0.15, 0.2) is 6.10 Å². The molecule has 1 aliphatic heterocycles. The predicted octanol–water partition coefficient (Wildman–Crippen LogP) is 4.80. The molecular formula is C24H25N3O3S.